The molecule has 0 aliphatic heterocycles. The summed E-state index contributed by atoms with van der Waals surface area (Å²) in [4.78, 5) is 15.6. The Morgan fingerprint density at radius 1 is 1.41 bits per heavy atom. The lowest BCUT2D eigenvalue weighted by Gasteiger charge is -2.15. The van der Waals surface area contributed by atoms with Crippen LogP contribution < -0.4 is 10.6 Å². The highest BCUT2D eigenvalue weighted by Gasteiger charge is 2.06. The molecule has 0 saturated heterocycles. The molecule has 0 fully saturated rings. The quantitative estimate of drug-likeness (QED) is 0.766. The highest BCUT2D eigenvalue weighted by Crippen LogP contribution is 2.17. The second-order valence-corrected chi connectivity index (χ2v) is 6.41. The van der Waals surface area contributed by atoms with Crippen LogP contribution in [0.5, 0.6) is 0 Å². The van der Waals surface area contributed by atoms with Crippen LogP contribution in [-0.4, -0.2) is 17.4 Å². The number of aromatic nitrogens is 1. The number of nitrogens with zero attached hydrogens (tertiary/aromatic N) is 1. The van der Waals surface area contributed by atoms with Gasteiger partial charge in [0.1, 0.15) is 0 Å². The molecule has 1 amide bonds. The molecule has 1 heterocycles. The van der Waals surface area contributed by atoms with E-state index in [1.165, 1.54) is 17.5 Å². The Balaban J connectivity index is 1.79. The zero-order valence-electron chi connectivity index (χ0n) is 13.3. The molecule has 0 bridgehead atoms. The second-order valence-electron chi connectivity index (χ2n) is 5.47. The van der Waals surface area contributed by atoms with E-state index in [1.807, 2.05) is 25.1 Å². The minimum absolute atomic E-state index is 0.0449. The lowest BCUT2D eigenvalue weighted by Crippen LogP contribution is -2.20. The molecule has 4 nitrogen and oxygen atoms in total. The van der Waals surface area contributed by atoms with Gasteiger partial charge in [-0.15, -0.1) is 11.3 Å². The molecule has 1 aromatic heterocycles. The summed E-state index contributed by atoms with van der Waals surface area (Å²) in [5, 5.41) is 9.64. The first kappa shape index (κ1) is 16.6. The van der Waals surface area contributed by atoms with E-state index in [0.717, 1.165) is 30.8 Å². The van der Waals surface area contributed by atoms with E-state index in [9.17, 15) is 4.79 Å². The number of rotatable bonds is 7. The Labute approximate surface area is 136 Å². The summed E-state index contributed by atoms with van der Waals surface area (Å²) in [7, 11) is 0. The molecule has 0 aliphatic rings. The minimum atomic E-state index is -0.0449. The van der Waals surface area contributed by atoms with Gasteiger partial charge >= 0.3 is 0 Å². The summed E-state index contributed by atoms with van der Waals surface area (Å²) in [5.74, 6) is -0.0449. The third-order valence-corrected chi connectivity index (χ3v) is 4.42. The van der Waals surface area contributed by atoms with Crippen LogP contribution >= 0.6 is 11.3 Å². The zero-order chi connectivity index (χ0) is 15.9. The van der Waals surface area contributed by atoms with Crippen LogP contribution in [-0.2, 0) is 11.2 Å². The Hall–Kier alpha value is -1.72. The molecular formula is C17H23N3OS. The van der Waals surface area contributed by atoms with Crippen molar-refractivity contribution >= 4 is 22.9 Å². The first-order chi connectivity index (χ1) is 10.5. The highest BCUT2D eigenvalue weighted by atomic mass is 32.1. The third kappa shape index (κ3) is 5.24. The summed E-state index contributed by atoms with van der Waals surface area (Å²) in [6.45, 7) is 6.64. The normalized spacial score (nSPS) is 12.1. The maximum Gasteiger partial charge on any atom is 0.221 e. The lowest BCUT2D eigenvalue weighted by molar-refractivity contribution is -0.114. The topological polar surface area (TPSA) is 54.0 Å². The van der Waals surface area contributed by atoms with E-state index in [2.05, 4.69) is 34.0 Å². The van der Waals surface area contributed by atoms with E-state index < -0.39 is 0 Å². The number of thiazole rings is 1. The lowest BCUT2D eigenvalue weighted by atomic mass is 10.1. The average molecular weight is 317 g/mol. The summed E-state index contributed by atoms with van der Waals surface area (Å²) in [5.41, 5.74) is 3.13. The van der Waals surface area contributed by atoms with Crippen molar-refractivity contribution < 1.29 is 4.79 Å². The van der Waals surface area contributed by atoms with E-state index in [0.29, 0.717) is 0 Å². The van der Waals surface area contributed by atoms with Crippen molar-refractivity contribution in [2.45, 2.75) is 39.7 Å². The molecule has 2 rings (SSSR count). The standard InChI is InChI=1S/C17H23N3OS/c1-12-11-22-17(19-12)8-5-9-18-13(2)15-6-4-7-16(10-15)20-14(3)21/h4,6-7,10-11,13,18H,5,8-9H2,1-3H3,(H,20,21)/t13-/m0/s1. The van der Waals surface area contributed by atoms with Crippen LogP contribution in [0.25, 0.3) is 0 Å². The van der Waals surface area contributed by atoms with Gasteiger partial charge in [0.25, 0.3) is 0 Å². The number of benzene rings is 1. The fourth-order valence-electron chi connectivity index (χ4n) is 2.28. The van der Waals surface area contributed by atoms with Crippen LogP contribution in [0, 0.1) is 6.92 Å². The minimum Gasteiger partial charge on any atom is -0.326 e. The van der Waals surface area contributed by atoms with Gasteiger partial charge < -0.3 is 10.6 Å². The Kier molecular flexibility index (Phi) is 6.10. The predicted octanol–water partition coefficient (Wildman–Crippen LogP) is 3.69. The first-order valence-corrected chi connectivity index (χ1v) is 8.44. The molecular weight excluding hydrogens is 294 g/mol. The number of hydrogen-bond acceptors (Lipinski definition) is 4. The van der Waals surface area contributed by atoms with Crippen LogP contribution in [0.2, 0.25) is 0 Å². The molecule has 2 N–H and O–H groups in total. The van der Waals surface area contributed by atoms with E-state index >= 15 is 0 Å². The maximum atomic E-state index is 11.1. The van der Waals surface area contributed by atoms with Crippen LogP contribution in [0.1, 0.15) is 42.6 Å². The fourth-order valence-corrected chi connectivity index (χ4v) is 3.10. The van der Waals surface area contributed by atoms with Gasteiger partial charge in [0.15, 0.2) is 0 Å². The SMILES string of the molecule is CC(=O)Nc1cccc([C@H](C)NCCCc2nc(C)cs2)c1. The largest absolute Gasteiger partial charge is 0.326 e. The van der Waals surface area contributed by atoms with Gasteiger partial charge in [-0.1, -0.05) is 12.1 Å². The van der Waals surface area contributed by atoms with Gasteiger partial charge in [-0.3, -0.25) is 4.79 Å². The summed E-state index contributed by atoms with van der Waals surface area (Å²) in [6.07, 6.45) is 2.09. The molecule has 1 atom stereocenters. The van der Waals surface area contributed by atoms with Crippen molar-refractivity contribution in [2.75, 3.05) is 11.9 Å². The number of carbonyl (C=O) groups excluding carboxylic acids is 1. The Morgan fingerprint density at radius 3 is 2.91 bits per heavy atom. The highest BCUT2D eigenvalue weighted by molar-refractivity contribution is 7.09. The average Bonchev–Trinajstić information content (AvgIpc) is 2.88. The number of aryl methyl sites for hydroxylation is 2. The second kappa shape index (κ2) is 8.06. The van der Waals surface area contributed by atoms with E-state index in [-0.39, 0.29) is 11.9 Å². The number of nitrogens with one attached hydrogen (secondary N) is 2. The van der Waals surface area contributed by atoms with Crippen molar-refractivity contribution in [3.63, 3.8) is 0 Å². The molecule has 0 radical (unpaired) electrons. The summed E-state index contributed by atoms with van der Waals surface area (Å²) >= 11 is 1.73. The Bertz CT molecular complexity index is 624. The molecule has 0 aliphatic carbocycles. The number of amides is 1. The maximum absolute atomic E-state index is 11.1. The molecule has 0 spiro atoms. The summed E-state index contributed by atoms with van der Waals surface area (Å²) in [6, 6.07) is 8.22. The van der Waals surface area contributed by atoms with E-state index in [1.54, 1.807) is 11.3 Å². The van der Waals surface area contributed by atoms with Crippen LogP contribution in [0.3, 0.4) is 0 Å². The summed E-state index contributed by atoms with van der Waals surface area (Å²) < 4.78 is 0. The number of hydrogen-bond donors (Lipinski definition) is 2. The van der Waals surface area contributed by atoms with Crippen molar-refractivity contribution in [2.24, 2.45) is 0 Å². The molecule has 5 heteroatoms. The number of anilines is 1. The smallest absolute Gasteiger partial charge is 0.221 e. The van der Waals surface area contributed by atoms with Crippen molar-refractivity contribution in [3.8, 4) is 0 Å². The molecule has 0 unspecified atom stereocenters. The van der Waals surface area contributed by atoms with Gasteiger partial charge in [-0.2, -0.15) is 0 Å². The monoisotopic (exact) mass is 317 g/mol. The molecule has 118 valence electrons. The fraction of sp³-hybridized carbons (Fsp3) is 0.412. The van der Waals surface area contributed by atoms with E-state index in [4.69, 9.17) is 0 Å². The molecule has 2 aromatic rings. The molecule has 1 aromatic carbocycles. The van der Waals surface area contributed by atoms with Gasteiger partial charge in [-0.05, 0) is 44.5 Å². The van der Waals surface area contributed by atoms with Crippen LogP contribution in [0.15, 0.2) is 29.6 Å². The molecule has 22 heavy (non-hydrogen) atoms. The van der Waals surface area contributed by atoms with Gasteiger partial charge in [0, 0.05) is 36.1 Å². The van der Waals surface area contributed by atoms with Crippen molar-refractivity contribution in [3.05, 3.63) is 45.9 Å². The first-order valence-electron chi connectivity index (χ1n) is 7.56. The number of carbonyl (C=O) groups is 1. The van der Waals surface area contributed by atoms with Gasteiger partial charge in [0.2, 0.25) is 5.91 Å². The predicted molar refractivity (Wildman–Crippen MR) is 92.3 cm³/mol. The van der Waals surface area contributed by atoms with Crippen LogP contribution in [0.4, 0.5) is 5.69 Å². The zero-order valence-corrected chi connectivity index (χ0v) is 14.2. The van der Waals surface area contributed by atoms with Crippen molar-refractivity contribution in [1.29, 1.82) is 0 Å². The Morgan fingerprint density at radius 2 is 2.23 bits per heavy atom. The third-order valence-electron chi connectivity index (χ3n) is 3.39. The van der Waals surface area contributed by atoms with Gasteiger partial charge in [0.05, 0.1) is 5.01 Å². The van der Waals surface area contributed by atoms with Gasteiger partial charge in [-0.25, -0.2) is 4.98 Å². The van der Waals surface area contributed by atoms with Crippen molar-refractivity contribution in [1.82, 2.24) is 10.3 Å². The molecule has 0 saturated carbocycles.